The minimum Gasteiger partial charge on any atom is -0.368 e. The number of nitriles is 1. The number of amides is 1. The van der Waals surface area contributed by atoms with Crippen molar-refractivity contribution in [1.82, 2.24) is 0 Å². The van der Waals surface area contributed by atoms with E-state index in [9.17, 15) is 4.79 Å². The van der Waals surface area contributed by atoms with E-state index in [1.807, 2.05) is 6.07 Å². The second-order valence-electron chi connectivity index (χ2n) is 3.92. The van der Waals surface area contributed by atoms with Gasteiger partial charge in [-0.3, -0.25) is 4.79 Å². The van der Waals surface area contributed by atoms with Crippen LogP contribution in [0.1, 0.15) is 12.0 Å². The van der Waals surface area contributed by atoms with Gasteiger partial charge in [-0.2, -0.15) is 5.26 Å². The molecule has 1 aliphatic heterocycles. The largest absolute Gasteiger partial charge is 0.368 e. The first-order chi connectivity index (χ1) is 8.24. The number of fused-ring (bicyclic) bond motifs is 1. The molecule has 0 saturated carbocycles. The zero-order chi connectivity index (χ0) is 12.3. The molecule has 1 heterocycles. The predicted octanol–water partition coefficient (Wildman–Crippen LogP) is 0.666. The van der Waals surface area contributed by atoms with Gasteiger partial charge in [-0.25, -0.2) is 0 Å². The molecule has 3 N–H and O–H groups in total. The fourth-order valence-corrected chi connectivity index (χ4v) is 1.94. The highest BCUT2D eigenvalue weighted by Gasteiger charge is 2.18. The maximum atomic E-state index is 11.5. The molecule has 5 nitrogen and oxygen atoms in total. The van der Waals surface area contributed by atoms with Crippen molar-refractivity contribution in [2.45, 2.75) is 6.42 Å². The maximum absolute atomic E-state index is 11.5. The Kier molecular flexibility index (Phi) is 3.26. The van der Waals surface area contributed by atoms with Crippen molar-refractivity contribution < 1.29 is 4.79 Å². The van der Waals surface area contributed by atoms with E-state index in [2.05, 4.69) is 16.3 Å². The second-order valence-corrected chi connectivity index (χ2v) is 3.92. The van der Waals surface area contributed by atoms with E-state index in [1.54, 1.807) is 12.1 Å². The van der Waals surface area contributed by atoms with Crippen molar-refractivity contribution in [3.8, 4) is 6.07 Å². The monoisotopic (exact) mass is 230 g/mol. The number of carbonyl (C=O) groups is 1. The molecule has 0 radical (unpaired) electrons. The van der Waals surface area contributed by atoms with Gasteiger partial charge in [-0.05, 0) is 18.2 Å². The number of anilines is 2. The summed E-state index contributed by atoms with van der Waals surface area (Å²) in [5.41, 5.74) is 7.72. The standard InChI is InChI=1S/C12H14N4O/c13-4-6-16-5-3-12(17)15-10-7-9(8-14)1-2-11(10)16/h1-2,7H,3-6,13H2,(H,15,17). The van der Waals surface area contributed by atoms with Crippen LogP contribution in [0, 0.1) is 11.3 Å². The normalized spacial score (nSPS) is 14.6. The van der Waals surface area contributed by atoms with Crippen molar-refractivity contribution in [2.24, 2.45) is 5.73 Å². The van der Waals surface area contributed by atoms with Gasteiger partial charge in [0, 0.05) is 26.1 Å². The van der Waals surface area contributed by atoms with Gasteiger partial charge in [0.05, 0.1) is 23.0 Å². The second kappa shape index (κ2) is 4.85. The summed E-state index contributed by atoms with van der Waals surface area (Å²) in [7, 11) is 0. The highest BCUT2D eigenvalue weighted by Crippen LogP contribution is 2.29. The van der Waals surface area contributed by atoms with Crippen LogP contribution < -0.4 is 16.0 Å². The van der Waals surface area contributed by atoms with E-state index in [4.69, 9.17) is 11.0 Å². The van der Waals surface area contributed by atoms with Crippen molar-refractivity contribution in [3.05, 3.63) is 23.8 Å². The number of nitrogens with zero attached hydrogens (tertiary/aromatic N) is 2. The third-order valence-corrected chi connectivity index (χ3v) is 2.75. The zero-order valence-electron chi connectivity index (χ0n) is 9.44. The molecule has 2 rings (SSSR count). The fourth-order valence-electron chi connectivity index (χ4n) is 1.94. The van der Waals surface area contributed by atoms with Crippen LogP contribution >= 0.6 is 0 Å². The van der Waals surface area contributed by atoms with Gasteiger partial charge in [-0.15, -0.1) is 0 Å². The fraction of sp³-hybridized carbons (Fsp3) is 0.333. The van der Waals surface area contributed by atoms with Crippen LogP contribution in [0.5, 0.6) is 0 Å². The first-order valence-corrected chi connectivity index (χ1v) is 5.53. The summed E-state index contributed by atoms with van der Waals surface area (Å²) in [5.74, 6) is -0.0270. The summed E-state index contributed by atoms with van der Waals surface area (Å²) in [4.78, 5) is 13.6. The number of benzene rings is 1. The summed E-state index contributed by atoms with van der Waals surface area (Å²) in [6.07, 6.45) is 0.441. The molecule has 17 heavy (non-hydrogen) atoms. The lowest BCUT2D eigenvalue weighted by Crippen LogP contribution is -2.30. The highest BCUT2D eigenvalue weighted by atomic mass is 16.1. The summed E-state index contributed by atoms with van der Waals surface area (Å²) < 4.78 is 0. The molecular weight excluding hydrogens is 216 g/mol. The molecule has 1 aromatic carbocycles. The Hall–Kier alpha value is -2.06. The van der Waals surface area contributed by atoms with Crippen LogP contribution in [0.25, 0.3) is 0 Å². The Morgan fingerprint density at radius 2 is 2.35 bits per heavy atom. The Balaban J connectivity index is 2.41. The van der Waals surface area contributed by atoms with Gasteiger partial charge in [0.1, 0.15) is 0 Å². The van der Waals surface area contributed by atoms with E-state index < -0.39 is 0 Å². The molecule has 0 aliphatic carbocycles. The molecule has 88 valence electrons. The van der Waals surface area contributed by atoms with Crippen molar-refractivity contribution in [1.29, 1.82) is 5.26 Å². The zero-order valence-corrected chi connectivity index (χ0v) is 9.44. The van der Waals surface area contributed by atoms with Gasteiger partial charge >= 0.3 is 0 Å². The topological polar surface area (TPSA) is 82.2 Å². The Bertz CT molecular complexity index is 478. The van der Waals surface area contributed by atoms with E-state index in [0.29, 0.717) is 37.3 Å². The lowest BCUT2D eigenvalue weighted by Gasteiger charge is -2.23. The third kappa shape index (κ3) is 2.37. The van der Waals surface area contributed by atoms with Gasteiger partial charge in [-0.1, -0.05) is 0 Å². The molecule has 0 fully saturated rings. The van der Waals surface area contributed by atoms with E-state index in [-0.39, 0.29) is 5.91 Å². The number of nitrogens with two attached hydrogens (primary N) is 1. The first-order valence-electron chi connectivity index (χ1n) is 5.53. The van der Waals surface area contributed by atoms with Crippen molar-refractivity contribution >= 4 is 17.3 Å². The molecule has 1 aromatic rings. The number of hydrogen-bond acceptors (Lipinski definition) is 4. The number of rotatable bonds is 2. The van der Waals surface area contributed by atoms with Crippen LogP contribution in [0.3, 0.4) is 0 Å². The van der Waals surface area contributed by atoms with Crippen molar-refractivity contribution in [2.75, 3.05) is 29.9 Å². The van der Waals surface area contributed by atoms with Gasteiger partial charge < -0.3 is 16.0 Å². The van der Waals surface area contributed by atoms with Gasteiger partial charge in [0.2, 0.25) is 5.91 Å². The van der Waals surface area contributed by atoms with Crippen molar-refractivity contribution in [3.63, 3.8) is 0 Å². The molecular formula is C12H14N4O. The predicted molar refractivity (Wildman–Crippen MR) is 65.7 cm³/mol. The van der Waals surface area contributed by atoms with Crippen LogP contribution in [-0.2, 0) is 4.79 Å². The summed E-state index contributed by atoms with van der Waals surface area (Å²) in [5, 5.41) is 11.7. The van der Waals surface area contributed by atoms with Crippen LogP contribution in [0.2, 0.25) is 0 Å². The van der Waals surface area contributed by atoms with Crippen LogP contribution in [0.15, 0.2) is 18.2 Å². The molecule has 0 bridgehead atoms. The third-order valence-electron chi connectivity index (χ3n) is 2.75. The Morgan fingerprint density at radius 3 is 3.06 bits per heavy atom. The molecule has 0 saturated heterocycles. The number of hydrogen-bond donors (Lipinski definition) is 2. The lowest BCUT2D eigenvalue weighted by molar-refractivity contribution is -0.115. The first kappa shape index (κ1) is 11.4. The average Bonchev–Trinajstić information content (AvgIpc) is 2.49. The molecule has 0 spiro atoms. The van der Waals surface area contributed by atoms with Crippen LogP contribution in [0.4, 0.5) is 11.4 Å². The number of nitrogens with one attached hydrogen (secondary N) is 1. The molecule has 1 amide bonds. The Labute approximate surface area is 99.8 Å². The molecule has 0 aromatic heterocycles. The SMILES string of the molecule is N#Cc1ccc2c(c1)NC(=O)CCN2CCN. The summed E-state index contributed by atoms with van der Waals surface area (Å²) in [6, 6.07) is 7.37. The Morgan fingerprint density at radius 1 is 1.53 bits per heavy atom. The molecule has 5 heteroatoms. The lowest BCUT2D eigenvalue weighted by atomic mass is 10.1. The minimum absolute atomic E-state index is 0.0270. The highest BCUT2D eigenvalue weighted by molar-refractivity contribution is 5.96. The molecule has 0 atom stereocenters. The minimum atomic E-state index is -0.0270. The van der Waals surface area contributed by atoms with E-state index in [1.165, 1.54) is 0 Å². The van der Waals surface area contributed by atoms with Gasteiger partial charge in [0.15, 0.2) is 0 Å². The number of carbonyl (C=O) groups excluding carboxylic acids is 1. The quantitative estimate of drug-likeness (QED) is 0.782. The maximum Gasteiger partial charge on any atom is 0.226 e. The molecule has 0 unspecified atom stereocenters. The summed E-state index contributed by atoms with van der Waals surface area (Å²) >= 11 is 0. The smallest absolute Gasteiger partial charge is 0.226 e. The molecule has 1 aliphatic rings. The van der Waals surface area contributed by atoms with E-state index >= 15 is 0 Å². The average molecular weight is 230 g/mol. The summed E-state index contributed by atoms with van der Waals surface area (Å²) in [6.45, 7) is 1.89. The van der Waals surface area contributed by atoms with Crippen LogP contribution in [-0.4, -0.2) is 25.5 Å². The van der Waals surface area contributed by atoms with Gasteiger partial charge in [0.25, 0.3) is 0 Å². The van der Waals surface area contributed by atoms with E-state index in [0.717, 1.165) is 5.69 Å².